The number of aliphatic carboxylic acids is 1. The van der Waals surface area contributed by atoms with Crippen LogP contribution in [0.25, 0.3) is 0 Å². The van der Waals surface area contributed by atoms with E-state index in [0.717, 1.165) is 23.9 Å². The van der Waals surface area contributed by atoms with Gasteiger partial charge in [0.2, 0.25) is 0 Å². The Morgan fingerprint density at radius 2 is 1.83 bits per heavy atom. The highest BCUT2D eigenvalue weighted by Gasteiger charge is 2.44. The zero-order valence-corrected chi connectivity index (χ0v) is 21.3. The van der Waals surface area contributed by atoms with Gasteiger partial charge in [-0.3, -0.25) is 39.4 Å². The predicted molar refractivity (Wildman–Crippen MR) is 141 cm³/mol. The minimum absolute atomic E-state index is 0.0447. The zero-order valence-electron chi connectivity index (χ0n) is 21.3. The van der Waals surface area contributed by atoms with Crippen molar-refractivity contribution in [2.75, 3.05) is 11.4 Å². The Morgan fingerprint density at radius 3 is 2.44 bits per heavy atom. The number of guanidine groups is 1. The van der Waals surface area contributed by atoms with Gasteiger partial charge in [-0.25, -0.2) is 4.99 Å². The fraction of sp³-hybridized carbons (Fsp3) is 0.346. The Hall–Kier alpha value is -4.82. The van der Waals surface area contributed by atoms with Crippen molar-refractivity contribution in [1.82, 2.24) is 5.32 Å². The lowest BCUT2D eigenvalue weighted by Gasteiger charge is -2.28. The second-order valence-electron chi connectivity index (χ2n) is 9.55. The summed E-state index contributed by atoms with van der Waals surface area (Å²) >= 11 is 0. The Kier molecular flexibility index (Phi) is 8.35. The number of ketones is 1. The third-order valence-corrected chi connectivity index (χ3v) is 6.57. The van der Waals surface area contributed by atoms with Crippen molar-refractivity contribution in [3.63, 3.8) is 0 Å². The topological polar surface area (TPSA) is 187 Å². The highest BCUT2D eigenvalue weighted by molar-refractivity contribution is 6.34. The number of halogens is 3. The highest BCUT2D eigenvalue weighted by Crippen LogP contribution is 2.28. The van der Waals surface area contributed by atoms with E-state index < -0.39 is 54.4 Å². The molecule has 2 aliphatic heterocycles. The molecule has 1 aromatic rings. The molecular weight excluding hydrogens is 549 g/mol. The number of anilines is 1. The Bertz CT molecular complexity index is 1410. The summed E-state index contributed by atoms with van der Waals surface area (Å²) in [5.41, 5.74) is 5.98. The van der Waals surface area contributed by atoms with E-state index in [4.69, 9.17) is 5.73 Å². The van der Waals surface area contributed by atoms with E-state index in [1.807, 2.05) is 0 Å². The van der Waals surface area contributed by atoms with Crippen molar-refractivity contribution in [2.45, 2.75) is 44.1 Å². The number of allylic oxidation sites excluding steroid dienone is 4. The molecule has 216 valence electrons. The van der Waals surface area contributed by atoms with E-state index in [-0.39, 0.29) is 41.5 Å². The zero-order chi connectivity index (χ0) is 29.9. The smallest absolute Gasteiger partial charge is 0.471 e. The van der Waals surface area contributed by atoms with Gasteiger partial charge in [-0.15, -0.1) is 0 Å². The standard InChI is InChI=1S/C26H25F3N6O6/c27-26(28,29)24(41)35(12-16-11-31-21-20(32-16)22(38)34-25(30)33-21)17-5-3-14(4-6-17)19(37)10-15(23(39)40)9-13-1-7-18(36)8-2-13/h1,3-7,11,15,20-21,36H,2,8-10,12H2,(H,39,40)(H3,30,33,34,38)/t15-,20?,21?/m1/s1. The number of carboxylic acids is 1. The fourth-order valence-electron chi connectivity index (χ4n) is 4.44. The maximum Gasteiger partial charge on any atom is 0.471 e. The third kappa shape index (κ3) is 7.04. The van der Waals surface area contributed by atoms with Crippen molar-refractivity contribution < 1.29 is 42.6 Å². The number of amides is 2. The number of hydrogen-bond donors (Lipinski definition) is 4. The molecule has 2 unspecified atom stereocenters. The average molecular weight is 575 g/mol. The molecule has 1 aromatic carbocycles. The first-order valence-electron chi connectivity index (χ1n) is 12.4. The predicted octanol–water partition coefficient (Wildman–Crippen LogP) is 2.07. The maximum atomic E-state index is 13.5. The molecule has 41 heavy (non-hydrogen) atoms. The van der Waals surface area contributed by atoms with Gasteiger partial charge in [-0.05, 0) is 43.2 Å². The second-order valence-corrected chi connectivity index (χ2v) is 9.55. The molecule has 0 saturated heterocycles. The van der Waals surface area contributed by atoms with Crippen LogP contribution in [0.5, 0.6) is 0 Å². The molecule has 0 aromatic heterocycles. The number of hydrogen-bond acceptors (Lipinski definition) is 9. The summed E-state index contributed by atoms with van der Waals surface area (Å²) in [6, 6.07) is 3.50. The van der Waals surface area contributed by atoms with E-state index in [0.29, 0.717) is 17.7 Å². The molecule has 0 spiro atoms. The van der Waals surface area contributed by atoms with Crippen molar-refractivity contribution >= 4 is 47.1 Å². The van der Waals surface area contributed by atoms with Crippen LogP contribution in [0.4, 0.5) is 18.9 Å². The van der Waals surface area contributed by atoms with Crippen LogP contribution in [-0.2, 0) is 14.4 Å². The Balaban J connectivity index is 1.51. The van der Waals surface area contributed by atoms with Gasteiger partial charge in [-0.1, -0.05) is 11.6 Å². The number of nitrogens with zero attached hydrogens (tertiary/aromatic N) is 4. The number of aliphatic imine (C=N–C) groups is 3. The Morgan fingerprint density at radius 1 is 1.12 bits per heavy atom. The van der Waals surface area contributed by atoms with E-state index >= 15 is 0 Å². The minimum atomic E-state index is -5.25. The van der Waals surface area contributed by atoms with Crippen molar-refractivity contribution in [3.05, 3.63) is 53.3 Å². The third-order valence-electron chi connectivity index (χ3n) is 6.57. The van der Waals surface area contributed by atoms with Gasteiger partial charge in [0.15, 0.2) is 24.0 Å². The molecule has 4 rings (SSSR count). The number of aliphatic hydroxyl groups excluding tert-OH is 1. The summed E-state index contributed by atoms with van der Waals surface area (Å²) in [7, 11) is 0. The summed E-state index contributed by atoms with van der Waals surface area (Å²) in [6.07, 6.45) is -1.46. The summed E-state index contributed by atoms with van der Waals surface area (Å²) in [5, 5.41) is 21.3. The first-order chi connectivity index (χ1) is 19.3. The lowest BCUT2D eigenvalue weighted by Crippen LogP contribution is -2.53. The van der Waals surface area contributed by atoms with Crippen LogP contribution < -0.4 is 16.0 Å². The molecule has 2 amide bonds. The molecule has 0 bridgehead atoms. The average Bonchev–Trinajstić information content (AvgIpc) is 2.92. The molecule has 0 radical (unpaired) electrons. The number of nitrogens with one attached hydrogen (secondary N) is 1. The molecule has 5 N–H and O–H groups in total. The monoisotopic (exact) mass is 574 g/mol. The van der Waals surface area contributed by atoms with Crippen molar-refractivity contribution in [2.24, 2.45) is 26.6 Å². The number of aliphatic hydroxyl groups is 1. The van der Waals surface area contributed by atoms with Crippen molar-refractivity contribution in [3.8, 4) is 0 Å². The molecule has 2 heterocycles. The summed E-state index contributed by atoms with van der Waals surface area (Å²) in [6.45, 7) is -0.689. The van der Waals surface area contributed by atoms with Gasteiger partial charge in [0.1, 0.15) is 0 Å². The number of carboxylic acid groups (broad SMARTS) is 1. The fourth-order valence-corrected chi connectivity index (χ4v) is 4.44. The first kappa shape index (κ1) is 29.2. The van der Waals surface area contributed by atoms with Gasteiger partial charge in [0, 0.05) is 30.3 Å². The number of carbonyl (C=O) groups is 4. The lowest BCUT2D eigenvalue weighted by atomic mass is 9.89. The van der Waals surface area contributed by atoms with Gasteiger partial charge in [0.25, 0.3) is 5.91 Å². The normalized spacial score (nSPS) is 20.9. The van der Waals surface area contributed by atoms with Crippen LogP contribution >= 0.6 is 0 Å². The summed E-state index contributed by atoms with van der Waals surface area (Å²) in [5.74, 6) is -5.64. The van der Waals surface area contributed by atoms with Crippen molar-refractivity contribution in [1.29, 1.82) is 0 Å². The van der Waals surface area contributed by atoms with Gasteiger partial charge >= 0.3 is 18.1 Å². The van der Waals surface area contributed by atoms with E-state index in [1.165, 1.54) is 18.2 Å². The largest absolute Gasteiger partial charge is 0.512 e. The summed E-state index contributed by atoms with van der Waals surface area (Å²) in [4.78, 5) is 61.5. The number of benzene rings is 1. The molecule has 1 aliphatic carbocycles. The van der Waals surface area contributed by atoms with Gasteiger partial charge in [-0.2, -0.15) is 13.2 Å². The second kappa shape index (κ2) is 11.7. The maximum absolute atomic E-state index is 13.5. The molecule has 3 aliphatic rings. The Labute approximate surface area is 230 Å². The number of nitrogens with two attached hydrogens (primary N) is 1. The molecule has 12 nitrogen and oxygen atoms in total. The minimum Gasteiger partial charge on any atom is -0.512 e. The van der Waals surface area contributed by atoms with Crippen LogP contribution in [0.2, 0.25) is 0 Å². The van der Waals surface area contributed by atoms with Gasteiger partial charge < -0.3 is 15.9 Å². The quantitative estimate of drug-likeness (QED) is 0.325. The van der Waals surface area contributed by atoms with Crippen LogP contribution in [0.15, 0.2) is 62.7 Å². The van der Waals surface area contributed by atoms with E-state index in [2.05, 4.69) is 20.3 Å². The molecule has 0 fully saturated rings. The highest BCUT2D eigenvalue weighted by atomic mass is 19.4. The number of rotatable bonds is 9. The van der Waals surface area contributed by atoms with Crippen LogP contribution in [-0.4, -0.2) is 76.6 Å². The number of fused-ring (bicyclic) bond motifs is 1. The molecular formula is C26H25F3N6O6. The number of Topliss-reactive ketones (excluding diaryl/α,β-unsaturated/α-hetero) is 1. The molecule has 0 saturated carbocycles. The van der Waals surface area contributed by atoms with Crippen LogP contribution in [0.3, 0.4) is 0 Å². The van der Waals surface area contributed by atoms with E-state index in [1.54, 1.807) is 6.08 Å². The lowest BCUT2D eigenvalue weighted by molar-refractivity contribution is -0.170. The van der Waals surface area contributed by atoms with Crippen LogP contribution in [0, 0.1) is 5.92 Å². The van der Waals surface area contributed by atoms with Gasteiger partial charge in [0.05, 0.1) is 23.9 Å². The van der Waals surface area contributed by atoms with E-state index in [9.17, 15) is 42.6 Å². The molecule has 3 atom stereocenters. The molecule has 15 heteroatoms. The SMILES string of the molecule is NC1=NC2N=CC(CN(C(=O)C(F)(F)F)c3ccc(C(=O)C[C@@H](CC4=CC=C(O)CC4)C(=O)O)cc3)=NC2C(=O)N1. The summed E-state index contributed by atoms with van der Waals surface area (Å²) < 4.78 is 40.4. The first-order valence-corrected chi connectivity index (χ1v) is 12.4. The number of carbonyl (C=O) groups excluding carboxylic acids is 3. The number of alkyl halides is 3. The van der Waals surface area contributed by atoms with Crippen LogP contribution in [0.1, 0.15) is 36.0 Å².